The lowest BCUT2D eigenvalue weighted by molar-refractivity contribution is -0.140. The largest absolute Gasteiger partial charge is 0.469 e. The molecule has 1 heterocycles. The number of aryl methyl sites for hydroxylation is 1. The number of methoxy groups -OCH3 is 1. The number of rotatable bonds is 5. The molecule has 0 aliphatic carbocycles. The third-order valence-corrected chi connectivity index (χ3v) is 5.42. The smallest absolute Gasteiger partial charge is 0.307 e. The van der Waals surface area contributed by atoms with Crippen molar-refractivity contribution in [1.82, 2.24) is 4.57 Å². The molecule has 0 N–H and O–H groups in total. The average Bonchev–Trinajstić information content (AvgIpc) is 3.01. The highest BCUT2D eigenvalue weighted by molar-refractivity contribution is 7.16. The molecule has 1 aromatic heterocycles. The molecule has 144 valence electrons. The Bertz CT molecular complexity index is 1130. The molecule has 0 saturated carbocycles. The lowest BCUT2D eigenvalue weighted by Crippen LogP contribution is -2.19. The molecule has 3 rings (SSSR count). The fourth-order valence-electron chi connectivity index (χ4n) is 2.65. The zero-order valence-electron chi connectivity index (χ0n) is 15.3. The monoisotopic (exact) mass is 416 g/mol. The number of hydrogen-bond donors (Lipinski definition) is 0. The van der Waals surface area contributed by atoms with Crippen LogP contribution in [0.1, 0.15) is 34.1 Å². The number of fused-ring (bicyclic) bond motifs is 1. The summed E-state index contributed by atoms with van der Waals surface area (Å²) in [5, 5.41) is 0.576. The molecule has 1 amide bonds. The number of carbonyl (C=O) groups excluding carboxylic acids is 3. The zero-order valence-corrected chi connectivity index (χ0v) is 16.8. The Balaban J connectivity index is 2.03. The molecular weight excluding hydrogens is 400 g/mol. The minimum atomic E-state index is -0.431. The van der Waals surface area contributed by atoms with E-state index in [1.807, 2.05) is 6.07 Å². The maximum atomic E-state index is 12.6. The quantitative estimate of drug-likeness (QED) is 0.467. The van der Waals surface area contributed by atoms with Gasteiger partial charge in [-0.1, -0.05) is 35.1 Å². The first-order chi connectivity index (χ1) is 13.4. The molecule has 0 spiro atoms. The van der Waals surface area contributed by atoms with E-state index in [0.29, 0.717) is 27.5 Å². The summed E-state index contributed by atoms with van der Waals surface area (Å²) in [5.74, 6) is -0.851. The number of esters is 1. The Morgan fingerprint density at radius 1 is 1.11 bits per heavy atom. The van der Waals surface area contributed by atoms with Gasteiger partial charge in [0.25, 0.3) is 5.91 Å². The Morgan fingerprint density at radius 3 is 2.43 bits per heavy atom. The SMILES string of the molecule is COC(=O)CCn1c(=NC(=O)c2ccc(C(C)=O)cc2)sc2cc(Cl)ccc21. The summed E-state index contributed by atoms with van der Waals surface area (Å²) in [6.45, 7) is 1.79. The number of ketones is 1. The molecule has 0 unspecified atom stereocenters. The molecule has 0 fully saturated rings. The van der Waals surface area contributed by atoms with Gasteiger partial charge in [-0.3, -0.25) is 14.4 Å². The van der Waals surface area contributed by atoms with Gasteiger partial charge in [0.05, 0.1) is 23.7 Å². The van der Waals surface area contributed by atoms with Gasteiger partial charge in [0.1, 0.15) is 0 Å². The van der Waals surface area contributed by atoms with E-state index in [-0.39, 0.29) is 18.2 Å². The van der Waals surface area contributed by atoms with Crippen molar-refractivity contribution >= 4 is 50.8 Å². The van der Waals surface area contributed by atoms with Crippen LogP contribution >= 0.6 is 22.9 Å². The number of halogens is 1. The molecule has 0 atom stereocenters. The van der Waals surface area contributed by atoms with E-state index < -0.39 is 5.91 Å². The highest BCUT2D eigenvalue weighted by atomic mass is 35.5. The molecular formula is C20H17ClN2O4S. The lowest BCUT2D eigenvalue weighted by Gasteiger charge is -2.04. The van der Waals surface area contributed by atoms with E-state index in [0.717, 1.165) is 10.2 Å². The highest BCUT2D eigenvalue weighted by Crippen LogP contribution is 2.22. The van der Waals surface area contributed by atoms with Crippen molar-refractivity contribution in [2.24, 2.45) is 4.99 Å². The Labute approximate surface area is 170 Å². The third-order valence-electron chi connectivity index (χ3n) is 4.15. The van der Waals surface area contributed by atoms with Gasteiger partial charge in [-0.25, -0.2) is 0 Å². The van der Waals surface area contributed by atoms with Crippen LogP contribution in [0.3, 0.4) is 0 Å². The van der Waals surface area contributed by atoms with Crippen molar-refractivity contribution in [2.45, 2.75) is 19.9 Å². The fraction of sp³-hybridized carbons (Fsp3) is 0.200. The van der Waals surface area contributed by atoms with Crippen LogP contribution in [0.15, 0.2) is 47.5 Å². The predicted octanol–water partition coefficient (Wildman–Crippen LogP) is 3.86. The van der Waals surface area contributed by atoms with E-state index in [9.17, 15) is 14.4 Å². The van der Waals surface area contributed by atoms with Crippen LogP contribution in [0.4, 0.5) is 0 Å². The van der Waals surface area contributed by atoms with Crippen molar-refractivity contribution in [3.8, 4) is 0 Å². The number of carbonyl (C=O) groups is 3. The van der Waals surface area contributed by atoms with Gasteiger partial charge in [-0.05, 0) is 37.3 Å². The van der Waals surface area contributed by atoms with E-state index in [2.05, 4.69) is 4.99 Å². The van der Waals surface area contributed by atoms with Crippen molar-refractivity contribution in [1.29, 1.82) is 0 Å². The second-order valence-corrected chi connectivity index (χ2v) is 7.47. The predicted molar refractivity (Wildman–Crippen MR) is 108 cm³/mol. The van der Waals surface area contributed by atoms with Crippen molar-refractivity contribution in [2.75, 3.05) is 7.11 Å². The van der Waals surface area contributed by atoms with Crippen LogP contribution in [-0.2, 0) is 16.1 Å². The number of nitrogens with zero attached hydrogens (tertiary/aromatic N) is 2. The minimum absolute atomic E-state index is 0.0713. The Hall–Kier alpha value is -2.77. The Morgan fingerprint density at radius 2 is 1.79 bits per heavy atom. The van der Waals surface area contributed by atoms with E-state index in [1.165, 1.54) is 25.4 Å². The molecule has 3 aromatic rings. The van der Waals surface area contributed by atoms with Crippen molar-refractivity contribution in [3.63, 3.8) is 0 Å². The van der Waals surface area contributed by atoms with Gasteiger partial charge in [0.15, 0.2) is 10.6 Å². The number of hydrogen-bond acceptors (Lipinski definition) is 5. The number of Topliss-reactive ketones (excluding diaryl/α,β-unsaturated/α-hetero) is 1. The number of amides is 1. The second kappa shape index (κ2) is 8.50. The van der Waals surface area contributed by atoms with Gasteiger partial charge in [0, 0.05) is 22.7 Å². The molecule has 6 nitrogen and oxygen atoms in total. The first-order valence-electron chi connectivity index (χ1n) is 8.45. The molecule has 0 aliphatic heterocycles. The van der Waals surface area contributed by atoms with Crippen LogP contribution in [0.5, 0.6) is 0 Å². The topological polar surface area (TPSA) is 77.7 Å². The summed E-state index contributed by atoms with van der Waals surface area (Å²) in [4.78, 5) is 40.2. The maximum absolute atomic E-state index is 12.6. The van der Waals surface area contributed by atoms with E-state index >= 15 is 0 Å². The third kappa shape index (κ3) is 4.37. The van der Waals surface area contributed by atoms with Crippen LogP contribution < -0.4 is 4.80 Å². The molecule has 8 heteroatoms. The first-order valence-corrected chi connectivity index (χ1v) is 9.64. The van der Waals surface area contributed by atoms with Gasteiger partial charge >= 0.3 is 5.97 Å². The molecule has 2 aromatic carbocycles. The summed E-state index contributed by atoms with van der Waals surface area (Å²) in [7, 11) is 1.33. The summed E-state index contributed by atoms with van der Waals surface area (Å²) >= 11 is 7.38. The zero-order chi connectivity index (χ0) is 20.3. The number of benzene rings is 2. The van der Waals surface area contributed by atoms with Crippen LogP contribution in [-0.4, -0.2) is 29.3 Å². The standard InChI is InChI=1S/C20H17ClN2O4S/c1-12(24)13-3-5-14(6-4-13)19(26)22-20-23(10-9-18(25)27-2)16-8-7-15(21)11-17(16)28-20/h3-8,11H,9-10H2,1-2H3. The highest BCUT2D eigenvalue weighted by Gasteiger charge is 2.12. The summed E-state index contributed by atoms with van der Waals surface area (Å²) < 4.78 is 7.36. The Kier molecular flexibility index (Phi) is 6.06. The number of aromatic nitrogens is 1. The van der Waals surface area contributed by atoms with Crippen molar-refractivity contribution < 1.29 is 19.1 Å². The van der Waals surface area contributed by atoms with E-state index in [1.54, 1.807) is 41.0 Å². The van der Waals surface area contributed by atoms with Gasteiger partial charge in [-0.2, -0.15) is 4.99 Å². The van der Waals surface area contributed by atoms with Crippen LogP contribution in [0.25, 0.3) is 10.2 Å². The van der Waals surface area contributed by atoms with Gasteiger partial charge in [0.2, 0.25) is 0 Å². The average molecular weight is 417 g/mol. The fourth-order valence-corrected chi connectivity index (χ4v) is 3.98. The number of ether oxygens (including phenoxy) is 1. The van der Waals surface area contributed by atoms with Crippen LogP contribution in [0, 0.1) is 0 Å². The first kappa shape index (κ1) is 20.0. The molecule has 0 bridgehead atoms. The normalized spacial score (nSPS) is 11.6. The van der Waals surface area contributed by atoms with Gasteiger partial charge < -0.3 is 9.30 Å². The second-order valence-electron chi connectivity index (χ2n) is 6.02. The summed E-state index contributed by atoms with van der Waals surface area (Å²) in [6.07, 6.45) is 0.152. The molecule has 28 heavy (non-hydrogen) atoms. The molecule has 0 saturated heterocycles. The van der Waals surface area contributed by atoms with Crippen molar-refractivity contribution in [3.05, 3.63) is 63.4 Å². The molecule has 0 aliphatic rings. The van der Waals surface area contributed by atoms with Gasteiger partial charge in [-0.15, -0.1) is 0 Å². The maximum Gasteiger partial charge on any atom is 0.307 e. The molecule has 0 radical (unpaired) electrons. The van der Waals surface area contributed by atoms with E-state index in [4.69, 9.17) is 16.3 Å². The number of thiazole rings is 1. The van der Waals surface area contributed by atoms with Crippen LogP contribution in [0.2, 0.25) is 5.02 Å². The summed E-state index contributed by atoms with van der Waals surface area (Å²) in [6, 6.07) is 11.7. The summed E-state index contributed by atoms with van der Waals surface area (Å²) in [5.41, 5.74) is 1.73. The lowest BCUT2D eigenvalue weighted by atomic mass is 10.1. The minimum Gasteiger partial charge on any atom is -0.469 e.